The number of hydrogen-bond acceptors (Lipinski definition) is 3. The third kappa shape index (κ3) is 3.67. The topological polar surface area (TPSA) is 61.4 Å². The van der Waals surface area contributed by atoms with Crippen LogP contribution in [0.15, 0.2) is 24.3 Å². The molecule has 2 unspecified atom stereocenters. The molecule has 0 spiro atoms. The van der Waals surface area contributed by atoms with E-state index in [1.165, 1.54) is 19.1 Å². The Hall–Kier alpha value is -1.60. The quantitative estimate of drug-likeness (QED) is 0.780. The summed E-state index contributed by atoms with van der Waals surface area (Å²) in [5, 5.41) is 17.6. The summed E-state index contributed by atoms with van der Waals surface area (Å²) < 4.78 is 38.3. The summed E-state index contributed by atoms with van der Waals surface area (Å²) >= 11 is 0. The number of carbonyl (C=O) groups excluding carboxylic acids is 1. The molecule has 7 heteroatoms. The highest BCUT2D eigenvalue weighted by molar-refractivity contribution is 5.74. The van der Waals surface area contributed by atoms with Crippen LogP contribution >= 0.6 is 0 Å². The van der Waals surface area contributed by atoms with Gasteiger partial charge in [0.25, 0.3) is 0 Å². The van der Waals surface area contributed by atoms with E-state index in [9.17, 15) is 23.1 Å². The maximum Gasteiger partial charge on any atom is 0.416 e. The Morgan fingerprint density at radius 1 is 1.24 bits per heavy atom. The number of piperidine rings is 1. The minimum atomic E-state index is -4.39. The lowest BCUT2D eigenvalue weighted by molar-refractivity contribution is -0.137. The highest BCUT2D eigenvalue weighted by Crippen LogP contribution is 2.46. The third-order valence-corrected chi connectivity index (χ3v) is 5.30. The van der Waals surface area contributed by atoms with Crippen molar-refractivity contribution in [2.45, 2.75) is 68.9 Å². The molecule has 0 bridgehead atoms. The van der Waals surface area contributed by atoms with Gasteiger partial charge in [0.1, 0.15) is 0 Å². The van der Waals surface area contributed by atoms with Crippen LogP contribution in [0.5, 0.6) is 0 Å². The average Bonchev–Trinajstić information content (AvgIpc) is 3.26. The molecule has 3 N–H and O–H groups in total. The maximum absolute atomic E-state index is 12.8. The lowest BCUT2D eigenvalue weighted by Gasteiger charge is -2.44. The van der Waals surface area contributed by atoms with E-state index in [0.29, 0.717) is 18.4 Å². The molecule has 0 aromatic heterocycles. The summed E-state index contributed by atoms with van der Waals surface area (Å²) in [4.78, 5) is 11.5. The summed E-state index contributed by atoms with van der Waals surface area (Å²) in [7, 11) is 0. The van der Waals surface area contributed by atoms with Gasteiger partial charge in [-0.3, -0.25) is 4.79 Å². The second kappa shape index (κ2) is 5.99. The number of amides is 1. The van der Waals surface area contributed by atoms with E-state index in [0.717, 1.165) is 25.0 Å². The zero-order valence-electron chi connectivity index (χ0n) is 14.3. The van der Waals surface area contributed by atoms with Crippen molar-refractivity contribution >= 4 is 5.91 Å². The van der Waals surface area contributed by atoms with E-state index in [4.69, 9.17) is 0 Å². The van der Waals surface area contributed by atoms with Crippen molar-refractivity contribution in [3.63, 3.8) is 0 Å². The molecular formula is C18H23F3N2O2. The first-order valence-electron chi connectivity index (χ1n) is 8.49. The second-order valence-electron chi connectivity index (χ2n) is 7.47. The molecule has 25 heavy (non-hydrogen) atoms. The smallest absolute Gasteiger partial charge is 0.385 e. The SMILES string of the molecule is CC(=O)NC1(C2CC(O)(c3ccc(C(F)(F)F)cc3)C[C@H](C)N2)CC1. The molecule has 2 fully saturated rings. The molecule has 1 heterocycles. The van der Waals surface area contributed by atoms with Crippen LogP contribution in [0.4, 0.5) is 13.2 Å². The molecule has 2 aliphatic rings. The first-order valence-corrected chi connectivity index (χ1v) is 8.49. The van der Waals surface area contributed by atoms with E-state index in [1.54, 1.807) is 0 Å². The molecule has 1 aromatic rings. The maximum atomic E-state index is 12.8. The summed E-state index contributed by atoms with van der Waals surface area (Å²) in [6.07, 6.45) is -1.97. The van der Waals surface area contributed by atoms with Crippen molar-refractivity contribution in [3.8, 4) is 0 Å². The van der Waals surface area contributed by atoms with Gasteiger partial charge >= 0.3 is 6.18 Å². The van der Waals surface area contributed by atoms with Gasteiger partial charge in [0.2, 0.25) is 5.91 Å². The van der Waals surface area contributed by atoms with Gasteiger partial charge in [-0.1, -0.05) is 12.1 Å². The van der Waals surface area contributed by atoms with Crippen LogP contribution in [0, 0.1) is 0 Å². The van der Waals surface area contributed by atoms with Crippen LogP contribution < -0.4 is 10.6 Å². The molecule has 1 saturated carbocycles. The van der Waals surface area contributed by atoms with Crippen LogP contribution in [0.3, 0.4) is 0 Å². The summed E-state index contributed by atoms with van der Waals surface area (Å²) in [5.41, 5.74) is -1.82. The highest BCUT2D eigenvalue weighted by atomic mass is 19.4. The highest BCUT2D eigenvalue weighted by Gasteiger charge is 2.54. The molecule has 1 amide bonds. The van der Waals surface area contributed by atoms with Gasteiger partial charge in [-0.15, -0.1) is 0 Å². The van der Waals surface area contributed by atoms with Crippen LogP contribution in [0.2, 0.25) is 0 Å². The Morgan fingerprint density at radius 2 is 1.84 bits per heavy atom. The first-order chi connectivity index (χ1) is 11.5. The molecule has 4 nitrogen and oxygen atoms in total. The van der Waals surface area contributed by atoms with Gasteiger partial charge in [0.15, 0.2) is 0 Å². The molecular weight excluding hydrogens is 333 g/mol. The number of aliphatic hydroxyl groups is 1. The Bertz CT molecular complexity index is 655. The zero-order valence-corrected chi connectivity index (χ0v) is 14.3. The Kier molecular flexibility index (Phi) is 4.36. The summed E-state index contributed by atoms with van der Waals surface area (Å²) in [5.74, 6) is -0.115. The monoisotopic (exact) mass is 356 g/mol. The van der Waals surface area contributed by atoms with E-state index in [2.05, 4.69) is 10.6 Å². The van der Waals surface area contributed by atoms with Gasteiger partial charge in [-0.25, -0.2) is 0 Å². The van der Waals surface area contributed by atoms with Crippen LogP contribution in [-0.2, 0) is 16.6 Å². The van der Waals surface area contributed by atoms with Gasteiger partial charge < -0.3 is 15.7 Å². The molecule has 3 rings (SSSR count). The van der Waals surface area contributed by atoms with Crippen LogP contribution in [-0.4, -0.2) is 28.6 Å². The lowest BCUT2D eigenvalue weighted by atomic mass is 9.76. The second-order valence-corrected chi connectivity index (χ2v) is 7.47. The van der Waals surface area contributed by atoms with Crippen LogP contribution in [0.1, 0.15) is 50.7 Å². The normalized spacial score (nSPS) is 31.4. The number of halogens is 3. The molecule has 3 atom stereocenters. The van der Waals surface area contributed by atoms with Crippen molar-refractivity contribution in [1.82, 2.24) is 10.6 Å². The molecule has 1 aliphatic heterocycles. The molecule has 1 aliphatic carbocycles. The fourth-order valence-electron chi connectivity index (χ4n) is 3.99. The Labute approximate surface area is 144 Å². The minimum absolute atomic E-state index is 0.0164. The van der Waals surface area contributed by atoms with Gasteiger partial charge in [0, 0.05) is 19.0 Å². The first kappa shape index (κ1) is 18.2. The van der Waals surface area contributed by atoms with Gasteiger partial charge in [0.05, 0.1) is 16.7 Å². The molecule has 138 valence electrons. The molecule has 1 aromatic carbocycles. The van der Waals surface area contributed by atoms with Gasteiger partial charge in [-0.05, 0) is 50.3 Å². The fraction of sp³-hybridized carbons (Fsp3) is 0.611. The fourth-order valence-corrected chi connectivity index (χ4v) is 3.99. The molecule has 0 radical (unpaired) electrons. The average molecular weight is 356 g/mol. The van der Waals surface area contributed by atoms with Crippen molar-refractivity contribution in [2.24, 2.45) is 0 Å². The number of nitrogens with one attached hydrogen (secondary N) is 2. The number of carbonyl (C=O) groups is 1. The third-order valence-electron chi connectivity index (χ3n) is 5.30. The van der Waals surface area contributed by atoms with E-state index in [-0.39, 0.29) is 23.5 Å². The minimum Gasteiger partial charge on any atom is -0.385 e. The zero-order chi connectivity index (χ0) is 18.5. The lowest BCUT2D eigenvalue weighted by Crippen LogP contribution is -2.60. The van der Waals surface area contributed by atoms with E-state index < -0.39 is 17.3 Å². The predicted molar refractivity (Wildman–Crippen MR) is 86.7 cm³/mol. The van der Waals surface area contributed by atoms with Crippen molar-refractivity contribution < 1.29 is 23.1 Å². The number of alkyl halides is 3. The Balaban J connectivity index is 1.84. The Morgan fingerprint density at radius 3 is 2.32 bits per heavy atom. The number of benzene rings is 1. The van der Waals surface area contributed by atoms with Crippen molar-refractivity contribution in [1.29, 1.82) is 0 Å². The predicted octanol–water partition coefficient (Wildman–Crippen LogP) is 2.70. The van der Waals surface area contributed by atoms with Crippen molar-refractivity contribution in [2.75, 3.05) is 0 Å². The number of rotatable bonds is 3. The largest absolute Gasteiger partial charge is 0.416 e. The molecule has 1 saturated heterocycles. The summed E-state index contributed by atoms with van der Waals surface area (Å²) in [6.45, 7) is 3.40. The van der Waals surface area contributed by atoms with Crippen molar-refractivity contribution in [3.05, 3.63) is 35.4 Å². The standard InChI is InChI=1S/C18H23F3N2O2/c1-11-9-17(25,13-3-5-14(6-4-13)18(19,20)21)10-15(22-11)16(7-8-16)23-12(2)24/h3-6,11,15,22,25H,7-10H2,1-2H3,(H,23,24)/t11-,15?,17?/m0/s1. The summed E-state index contributed by atoms with van der Waals surface area (Å²) in [6, 6.07) is 4.60. The van der Waals surface area contributed by atoms with E-state index in [1.807, 2.05) is 6.92 Å². The number of hydrogen-bond donors (Lipinski definition) is 3. The van der Waals surface area contributed by atoms with Gasteiger partial charge in [-0.2, -0.15) is 13.2 Å². The van der Waals surface area contributed by atoms with E-state index >= 15 is 0 Å². The van der Waals surface area contributed by atoms with Crippen LogP contribution in [0.25, 0.3) is 0 Å².